The predicted octanol–water partition coefficient (Wildman–Crippen LogP) is 3.77. The molecule has 12 heteroatoms. The zero-order valence-corrected chi connectivity index (χ0v) is 25.3. The highest BCUT2D eigenvalue weighted by Crippen LogP contribution is 2.16. The van der Waals surface area contributed by atoms with E-state index in [0.29, 0.717) is 38.6 Å². The van der Waals surface area contributed by atoms with Crippen LogP contribution >= 0.6 is 0 Å². The Morgan fingerprint density at radius 3 is 1.89 bits per heavy atom. The largest absolute Gasteiger partial charge is 0.460 e. The van der Waals surface area contributed by atoms with E-state index in [1.54, 1.807) is 13.8 Å². The van der Waals surface area contributed by atoms with Crippen LogP contribution in [-0.4, -0.2) is 93.1 Å². The number of hydrogen-bond acceptors (Lipinski definition) is 9. The average molecular weight is 540 g/mol. The molecule has 0 saturated heterocycles. The minimum absolute atomic E-state index is 0.208. The van der Waals surface area contributed by atoms with Crippen molar-refractivity contribution < 1.29 is 41.8 Å². The molecule has 208 valence electrons. The molecule has 0 saturated carbocycles. The van der Waals surface area contributed by atoms with Crippen LogP contribution in [0.1, 0.15) is 48.0 Å². The fraction of sp³-hybridized carbons (Fsp3) is 0.913. The number of hydrogen-bond donors (Lipinski definition) is 1. The maximum Gasteiger partial charge on any atom is 0.407 e. The van der Waals surface area contributed by atoms with Crippen LogP contribution < -0.4 is 5.32 Å². The summed E-state index contributed by atoms with van der Waals surface area (Å²) in [4.78, 5) is 24.1. The van der Waals surface area contributed by atoms with Crippen LogP contribution in [0, 0.1) is 0 Å². The molecule has 35 heavy (non-hydrogen) atoms. The molecule has 0 aromatic heterocycles. The van der Waals surface area contributed by atoms with Gasteiger partial charge in [-0.2, -0.15) is 0 Å². The van der Waals surface area contributed by atoms with Crippen molar-refractivity contribution in [3.63, 3.8) is 0 Å². The van der Waals surface area contributed by atoms with Gasteiger partial charge in [0.25, 0.3) is 0 Å². The average Bonchev–Trinajstić information content (AvgIpc) is 2.75. The molecule has 10 nitrogen and oxygen atoms in total. The number of amides is 1. The summed E-state index contributed by atoms with van der Waals surface area (Å²) < 4.78 is 39.2. The van der Waals surface area contributed by atoms with Crippen molar-refractivity contribution in [3.8, 4) is 0 Å². The molecule has 1 N–H and O–H groups in total. The number of ether oxygens (including phenoxy) is 4. The van der Waals surface area contributed by atoms with Gasteiger partial charge >= 0.3 is 20.6 Å². The standard InChI is InChI=1S/C23H49NO9Si2/c1-10-29-34(7,8)18-24-23(26)33-21(6)17-28-19(4)15-27-16-20(5)32-22(25)13-14-35(9,30-11-2)31-12-3/h19-21H,10-18H2,1-9H3,(H,24,26). The lowest BCUT2D eigenvalue weighted by molar-refractivity contribution is -0.151. The fourth-order valence-corrected chi connectivity index (χ4v) is 6.88. The minimum atomic E-state index is -2.34. The van der Waals surface area contributed by atoms with Gasteiger partial charge in [-0.3, -0.25) is 4.79 Å². The number of nitrogens with one attached hydrogen (secondary N) is 1. The molecule has 0 rings (SSSR count). The summed E-state index contributed by atoms with van der Waals surface area (Å²) >= 11 is 0. The third kappa shape index (κ3) is 18.0. The molecule has 0 spiro atoms. The molecule has 0 heterocycles. The van der Waals surface area contributed by atoms with Crippen molar-refractivity contribution in [1.29, 1.82) is 0 Å². The van der Waals surface area contributed by atoms with Crippen molar-refractivity contribution in [2.45, 2.75) is 92.0 Å². The molecule has 1 amide bonds. The van der Waals surface area contributed by atoms with E-state index in [9.17, 15) is 9.59 Å². The van der Waals surface area contributed by atoms with E-state index < -0.39 is 29.1 Å². The van der Waals surface area contributed by atoms with Crippen molar-refractivity contribution in [2.24, 2.45) is 0 Å². The first-order valence-corrected chi connectivity index (χ1v) is 18.2. The summed E-state index contributed by atoms with van der Waals surface area (Å²) in [6.07, 6.45) is -0.731. The zero-order valence-electron chi connectivity index (χ0n) is 23.3. The predicted molar refractivity (Wildman–Crippen MR) is 139 cm³/mol. The van der Waals surface area contributed by atoms with Gasteiger partial charge in [-0.25, -0.2) is 4.79 Å². The Labute approximate surface area is 214 Å². The number of carbonyl (C=O) groups excluding carboxylic acids is 2. The van der Waals surface area contributed by atoms with E-state index in [1.165, 1.54) is 0 Å². The fourth-order valence-electron chi connectivity index (χ4n) is 3.18. The molecule has 3 unspecified atom stereocenters. The number of carbonyl (C=O) groups is 2. The highest BCUT2D eigenvalue weighted by molar-refractivity contribution is 6.71. The molecule has 0 aliphatic heterocycles. The topological polar surface area (TPSA) is 111 Å². The van der Waals surface area contributed by atoms with E-state index in [2.05, 4.69) is 5.32 Å². The lowest BCUT2D eigenvalue weighted by Gasteiger charge is -2.25. The molecule has 0 aliphatic carbocycles. The van der Waals surface area contributed by atoms with Crippen LogP contribution in [0.3, 0.4) is 0 Å². The van der Waals surface area contributed by atoms with Gasteiger partial charge in [0.2, 0.25) is 8.32 Å². The van der Waals surface area contributed by atoms with Crippen LogP contribution in [0.4, 0.5) is 4.79 Å². The third-order valence-corrected chi connectivity index (χ3v) is 9.89. The molecular formula is C23H49NO9Si2. The van der Waals surface area contributed by atoms with Gasteiger partial charge in [-0.1, -0.05) is 0 Å². The molecule has 0 aliphatic rings. The van der Waals surface area contributed by atoms with E-state index in [4.69, 9.17) is 32.2 Å². The second-order valence-electron chi connectivity index (χ2n) is 9.24. The van der Waals surface area contributed by atoms with Crippen molar-refractivity contribution in [3.05, 3.63) is 0 Å². The smallest absolute Gasteiger partial charge is 0.407 e. The normalized spacial score (nSPS) is 14.8. The minimum Gasteiger partial charge on any atom is -0.460 e. The highest BCUT2D eigenvalue weighted by atomic mass is 28.4. The number of esters is 1. The first-order valence-electron chi connectivity index (χ1n) is 12.6. The Kier molecular flexibility index (Phi) is 17.7. The maximum atomic E-state index is 12.2. The van der Waals surface area contributed by atoms with E-state index in [0.717, 1.165) is 0 Å². The lowest BCUT2D eigenvalue weighted by atomic mass is 10.4. The quantitative estimate of drug-likeness (QED) is 0.182. The molecule has 0 aromatic carbocycles. The Balaban J connectivity index is 4.07. The second-order valence-corrected chi connectivity index (χ2v) is 16.8. The van der Waals surface area contributed by atoms with Gasteiger partial charge < -0.3 is 37.5 Å². The van der Waals surface area contributed by atoms with Gasteiger partial charge in [0.15, 0.2) is 0 Å². The second kappa shape index (κ2) is 18.3. The monoisotopic (exact) mass is 539 g/mol. The van der Waals surface area contributed by atoms with Gasteiger partial charge in [-0.05, 0) is 61.2 Å². The first-order chi connectivity index (χ1) is 16.4. The Morgan fingerprint density at radius 1 is 0.771 bits per heavy atom. The number of alkyl carbamates (subject to hydrolysis) is 1. The number of rotatable bonds is 20. The summed E-state index contributed by atoms with van der Waals surface area (Å²) in [7, 11) is -4.25. The molecule has 0 aromatic rings. The molecule has 0 bridgehead atoms. The first kappa shape index (κ1) is 34.0. The van der Waals surface area contributed by atoms with E-state index >= 15 is 0 Å². The summed E-state index contributed by atoms with van der Waals surface area (Å²) in [6, 6.07) is 0.552. The van der Waals surface area contributed by atoms with E-state index in [1.807, 2.05) is 47.3 Å². The van der Waals surface area contributed by atoms with Crippen molar-refractivity contribution in [2.75, 3.05) is 45.8 Å². The lowest BCUT2D eigenvalue weighted by Crippen LogP contribution is -2.45. The SMILES string of the molecule is CCO[Si](C)(C)CNC(=O)OC(C)COC(C)COCC(C)OC(=O)CC[Si](C)(OCC)OCC. The summed E-state index contributed by atoms with van der Waals surface area (Å²) in [5.41, 5.74) is 0. The van der Waals surface area contributed by atoms with Crippen molar-refractivity contribution in [1.82, 2.24) is 5.32 Å². The molecule has 0 radical (unpaired) electrons. The van der Waals surface area contributed by atoms with Crippen LogP contribution in [0.15, 0.2) is 0 Å². The van der Waals surface area contributed by atoms with Crippen LogP contribution in [-0.2, 0) is 37.0 Å². The van der Waals surface area contributed by atoms with E-state index in [-0.39, 0.29) is 37.8 Å². The molecular weight excluding hydrogens is 490 g/mol. The Bertz CT molecular complexity index is 589. The molecule has 0 fully saturated rings. The summed E-state index contributed by atoms with van der Waals surface area (Å²) in [5.74, 6) is -0.292. The highest BCUT2D eigenvalue weighted by Gasteiger charge is 2.31. The van der Waals surface area contributed by atoms with Gasteiger partial charge in [0.1, 0.15) is 12.2 Å². The van der Waals surface area contributed by atoms with Gasteiger partial charge in [0, 0.05) is 38.5 Å². The van der Waals surface area contributed by atoms with Gasteiger partial charge in [0.05, 0.1) is 25.9 Å². The van der Waals surface area contributed by atoms with Crippen LogP contribution in [0.5, 0.6) is 0 Å². The third-order valence-electron chi connectivity index (χ3n) is 4.84. The summed E-state index contributed by atoms with van der Waals surface area (Å²) in [6.45, 7) is 19.8. The Hall–Kier alpha value is -1.03. The molecule has 3 atom stereocenters. The zero-order chi connectivity index (χ0) is 26.9. The van der Waals surface area contributed by atoms with Crippen molar-refractivity contribution >= 4 is 28.9 Å². The van der Waals surface area contributed by atoms with Crippen LogP contribution in [0.25, 0.3) is 0 Å². The van der Waals surface area contributed by atoms with Gasteiger partial charge in [-0.15, -0.1) is 0 Å². The Morgan fingerprint density at radius 2 is 1.31 bits per heavy atom. The summed E-state index contributed by atoms with van der Waals surface area (Å²) in [5, 5.41) is 2.76. The maximum absolute atomic E-state index is 12.2. The van der Waals surface area contributed by atoms with Crippen LogP contribution in [0.2, 0.25) is 25.7 Å².